The summed E-state index contributed by atoms with van der Waals surface area (Å²) in [6.07, 6.45) is 0. The minimum Gasteiger partial charge on any atom is -0.486 e. The molecule has 1 aromatic heterocycles. The molecule has 4 rings (SSSR count). The summed E-state index contributed by atoms with van der Waals surface area (Å²) in [7, 11) is 0. The van der Waals surface area contributed by atoms with E-state index in [4.69, 9.17) is 14.2 Å². The van der Waals surface area contributed by atoms with Crippen LogP contribution in [0.3, 0.4) is 0 Å². The SMILES string of the molecule is CCN(CC(=O)Nc1ccc2c(c1)OCCO2)C(=O)c1csc(COc2ccc(C)cc2)n1. The van der Waals surface area contributed by atoms with Crippen molar-refractivity contribution in [3.05, 3.63) is 64.1 Å². The van der Waals surface area contributed by atoms with Crippen LogP contribution in [0.5, 0.6) is 17.2 Å². The molecule has 0 atom stereocenters. The standard InChI is InChI=1S/C24H25N3O5S/c1-3-27(13-22(28)25-17-6-9-20-21(12-17)31-11-10-30-20)24(29)19-15-33-23(26-19)14-32-18-7-4-16(2)5-8-18/h4-9,12,15H,3,10-11,13-14H2,1-2H3,(H,25,28). The predicted octanol–water partition coefficient (Wildman–Crippen LogP) is 3.90. The number of likely N-dealkylation sites (N-methyl/N-ethyl adjacent to an activating group) is 1. The summed E-state index contributed by atoms with van der Waals surface area (Å²) in [6.45, 7) is 5.37. The lowest BCUT2D eigenvalue weighted by Gasteiger charge is -2.21. The molecule has 1 aliphatic rings. The first-order chi connectivity index (χ1) is 16.0. The summed E-state index contributed by atoms with van der Waals surface area (Å²) in [6, 6.07) is 12.9. The van der Waals surface area contributed by atoms with Crippen molar-refractivity contribution in [2.75, 3.05) is 31.6 Å². The summed E-state index contributed by atoms with van der Waals surface area (Å²) in [5, 5.41) is 5.19. The molecular weight excluding hydrogens is 442 g/mol. The number of hydrogen-bond acceptors (Lipinski definition) is 7. The van der Waals surface area contributed by atoms with Gasteiger partial charge in [0.1, 0.15) is 42.8 Å². The van der Waals surface area contributed by atoms with Crippen molar-refractivity contribution in [1.82, 2.24) is 9.88 Å². The smallest absolute Gasteiger partial charge is 0.273 e. The number of aryl methyl sites for hydroxylation is 1. The van der Waals surface area contributed by atoms with Crippen LogP contribution in [0.15, 0.2) is 47.8 Å². The predicted molar refractivity (Wildman–Crippen MR) is 125 cm³/mol. The van der Waals surface area contributed by atoms with Gasteiger partial charge < -0.3 is 24.4 Å². The summed E-state index contributed by atoms with van der Waals surface area (Å²) >= 11 is 1.35. The molecule has 0 bridgehead atoms. The second-order valence-corrected chi connectivity index (χ2v) is 8.40. The lowest BCUT2D eigenvalue weighted by Crippen LogP contribution is -2.38. The molecule has 8 nitrogen and oxygen atoms in total. The number of nitrogens with one attached hydrogen (secondary N) is 1. The summed E-state index contributed by atoms with van der Waals surface area (Å²) in [5.41, 5.74) is 2.04. The second-order valence-electron chi connectivity index (χ2n) is 7.45. The van der Waals surface area contributed by atoms with Crippen LogP contribution in [0.1, 0.15) is 28.0 Å². The molecule has 3 aromatic rings. The Balaban J connectivity index is 1.33. The number of rotatable bonds is 8. The summed E-state index contributed by atoms with van der Waals surface area (Å²) in [5.74, 6) is 1.38. The third-order valence-electron chi connectivity index (χ3n) is 4.98. The lowest BCUT2D eigenvalue weighted by molar-refractivity contribution is -0.116. The van der Waals surface area contributed by atoms with E-state index in [0.29, 0.717) is 47.6 Å². The van der Waals surface area contributed by atoms with E-state index < -0.39 is 0 Å². The molecule has 0 unspecified atom stereocenters. The Labute approximate surface area is 196 Å². The first kappa shape index (κ1) is 22.6. The monoisotopic (exact) mass is 467 g/mol. The third-order valence-corrected chi connectivity index (χ3v) is 5.81. The van der Waals surface area contributed by atoms with Crippen LogP contribution in [-0.2, 0) is 11.4 Å². The molecule has 0 radical (unpaired) electrons. The number of nitrogens with zero attached hydrogens (tertiary/aromatic N) is 2. The van der Waals surface area contributed by atoms with E-state index in [1.165, 1.54) is 16.2 Å². The lowest BCUT2D eigenvalue weighted by atomic mass is 10.2. The third kappa shape index (κ3) is 5.81. The van der Waals surface area contributed by atoms with E-state index in [9.17, 15) is 9.59 Å². The van der Waals surface area contributed by atoms with Gasteiger partial charge in [-0.3, -0.25) is 9.59 Å². The van der Waals surface area contributed by atoms with E-state index in [2.05, 4.69) is 10.3 Å². The van der Waals surface area contributed by atoms with Gasteiger partial charge in [-0.25, -0.2) is 4.98 Å². The van der Waals surface area contributed by atoms with Crippen molar-refractivity contribution >= 4 is 28.8 Å². The number of carbonyl (C=O) groups is 2. The van der Waals surface area contributed by atoms with E-state index in [1.807, 2.05) is 38.1 Å². The van der Waals surface area contributed by atoms with Crippen molar-refractivity contribution in [2.24, 2.45) is 0 Å². The van der Waals surface area contributed by atoms with Gasteiger partial charge in [0.15, 0.2) is 11.5 Å². The van der Waals surface area contributed by atoms with Crippen LogP contribution in [0, 0.1) is 6.92 Å². The molecule has 0 saturated heterocycles. The molecule has 2 aromatic carbocycles. The maximum absolute atomic E-state index is 12.9. The van der Waals surface area contributed by atoms with Gasteiger partial charge in [0.2, 0.25) is 5.91 Å². The van der Waals surface area contributed by atoms with Gasteiger partial charge in [-0.1, -0.05) is 17.7 Å². The molecule has 9 heteroatoms. The number of anilines is 1. The number of thiazole rings is 1. The topological polar surface area (TPSA) is 90.0 Å². The Morgan fingerprint density at radius 1 is 1.12 bits per heavy atom. The minimum atomic E-state index is -0.306. The fourth-order valence-corrected chi connectivity index (χ4v) is 3.92. The molecule has 2 amide bonds. The molecule has 0 spiro atoms. The number of hydrogen-bond donors (Lipinski definition) is 1. The van der Waals surface area contributed by atoms with Crippen LogP contribution in [-0.4, -0.2) is 48.0 Å². The van der Waals surface area contributed by atoms with Crippen LogP contribution in [0.2, 0.25) is 0 Å². The number of aromatic nitrogens is 1. The molecular formula is C24H25N3O5S. The summed E-state index contributed by atoms with van der Waals surface area (Å²) in [4.78, 5) is 31.3. The number of fused-ring (bicyclic) bond motifs is 1. The van der Waals surface area contributed by atoms with E-state index in [1.54, 1.807) is 23.6 Å². The Bertz CT molecular complexity index is 1130. The number of ether oxygens (including phenoxy) is 3. The quantitative estimate of drug-likeness (QED) is 0.540. The maximum Gasteiger partial charge on any atom is 0.273 e. The van der Waals surface area contributed by atoms with Crippen LogP contribution in [0.4, 0.5) is 5.69 Å². The molecule has 0 fully saturated rings. The van der Waals surface area contributed by atoms with Crippen LogP contribution >= 0.6 is 11.3 Å². The first-order valence-electron chi connectivity index (χ1n) is 10.6. The minimum absolute atomic E-state index is 0.0868. The van der Waals surface area contributed by atoms with Crippen molar-refractivity contribution in [2.45, 2.75) is 20.5 Å². The van der Waals surface area contributed by atoms with Crippen LogP contribution in [0.25, 0.3) is 0 Å². The van der Waals surface area contributed by atoms with Crippen molar-refractivity contribution in [1.29, 1.82) is 0 Å². The molecule has 2 heterocycles. The first-order valence-corrected chi connectivity index (χ1v) is 11.5. The average molecular weight is 468 g/mol. The van der Waals surface area contributed by atoms with Gasteiger partial charge in [-0.05, 0) is 38.1 Å². The molecule has 0 aliphatic carbocycles. The Morgan fingerprint density at radius 3 is 2.64 bits per heavy atom. The summed E-state index contributed by atoms with van der Waals surface area (Å²) < 4.78 is 16.8. The van der Waals surface area contributed by atoms with Crippen molar-refractivity contribution in [3.8, 4) is 17.2 Å². The average Bonchev–Trinajstić information content (AvgIpc) is 3.31. The van der Waals surface area contributed by atoms with Gasteiger partial charge in [0, 0.05) is 23.7 Å². The van der Waals surface area contributed by atoms with E-state index >= 15 is 0 Å². The molecule has 1 N–H and O–H groups in total. The number of benzene rings is 2. The van der Waals surface area contributed by atoms with Crippen LogP contribution < -0.4 is 19.5 Å². The van der Waals surface area contributed by atoms with E-state index in [0.717, 1.165) is 11.3 Å². The molecule has 172 valence electrons. The highest BCUT2D eigenvalue weighted by atomic mass is 32.1. The second kappa shape index (κ2) is 10.4. The largest absolute Gasteiger partial charge is 0.486 e. The highest BCUT2D eigenvalue weighted by molar-refractivity contribution is 7.09. The highest BCUT2D eigenvalue weighted by Crippen LogP contribution is 2.32. The zero-order valence-corrected chi connectivity index (χ0v) is 19.3. The number of carbonyl (C=O) groups excluding carboxylic acids is 2. The zero-order valence-electron chi connectivity index (χ0n) is 18.5. The molecule has 33 heavy (non-hydrogen) atoms. The highest BCUT2D eigenvalue weighted by Gasteiger charge is 2.21. The zero-order chi connectivity index (χ0) is 23.2. The fourth-order valence-electron chi connectivity index (χ4n) is 3.24. The normalized spacial score (nSPS) is 12.2. The Hall–Kier alpha value is -3.59. The Morgan fingerprint density at radius 2 is 1.88 bits per heavy atom. The van der Waals surface area contributed by atoms with Gasteiger partial charge in [-0.15, -0.1) is 11.3 Å². The molecule has 0 saturated carbocycles. The van der Waals surface area contributed by atoms with E-state index in [-0.39, 0.29) is 25.0 Å². The van der Waals surface area contributed by atoms with Gasteiger partial charge in [0.05, 0.1) is 0 Å². The van der Waals surface area contributed by atoms with Crippen molar-refractivity contribution < 1.29 is 23.8 Å². The fraction of sp³-hybridized carbons (Fsp3) is 0.292. The van der Waals surface area contributed by atoms with Gasteiger partial charge >= 0.3 is 0 Å². The molecule has 1 aliphatic heterocycles. The number of amides is 2. The van der Waals surface area contributed by atoms with Crippen molar-refractivity contribution in [3.63, 3.8) is 0 Å². The Kier molecular flexibility index (Phi) is 7.09. The van der Waals surface area contributed by atoms with Gasteiger partial charge in [0.25, 0.3) is 5.91 Å². The maximum atomic E-state index is 12.9. The van der Waals surface area contributed by atoms with Gasteiger partial charge in [-0.2, -0.15) is 0 Å².